The Bertz CT molecular complexity index is 1310. The molecule has 1 amide bonds. The highest BCUT2D eigenvalue weighted by atomic mass is 19.4. The molecule has 1 saturated heterocycles. The number of carbonyl (C=O) groups is 2. The van der Waals surface area contributed by atoms with Crippen LogP contribution in [0.15, 0.2) is 24.4 Å². The lowest BCUT2D eigenvalue weighted by Gasteiger charge is -2.33. The highest BCUT2D eigenvalue weighted by Gasteiger charge is 2.42. The van der Waals surface area contributed by atoms with Crippen molar-refractivity contribution in [3.8, 4) is 0 Å². The molecule has 2 saturated carbocycles. The Balaban J connectivity index is 1.36. The number of benzene rings is 1. The van der Waals surface area contributed by atoms with Gasteiger partial charge in [0.1, 0.15) is 11.8 Å². The van der Waals surface area contributed by atoms with Crippen LogP contribution >= 0.6 is 0 Å². The highest BCUT2D eigenvalue weighted by molar-refractivity contribution is 5.71. The van der Waals surface area contributed by atoms with E-state index in [0.29, 0.717) is 41.0 Å². The summed E-state index contributed by atoms with van der Waals surface area (Å²) in [5, 5.41) is 9.15. The summed E-state index contributed by atoms with van der Waals surface area (Å²) < 4.78 is 46.2. The molecule has 11 heteroatoms. The standard InChI is InChI=1S/C31H39F3N4O4/c1-4-37(16-21-7-5-20(6-8-21)13-27(39)40)29-26(36-25(15-35-29)22-9-10-22)17-38-19(3)28(42-30(38)41)23-11-18(2)12-24(14-23)31(32,33)34/h11-12,14-15,19-22,28H,4-10,13,16-17H2,1-3H3,(H,39,40)/t19-,20?,21?,28?/m0/s1. The van der Waals surface area contributed by atoms with Crippen molar-refractivity contribution in [1.82, 2.24) is 14.9 Å². The number of hydrogen-bond acceptors (Lipinski definition) is 6. The van der Waals surface area contributed by atoms with Crippen molar-refractivity contribution in [2.45, 2.75) is 96.5 Å². The quantitative estimate of drug-likeness (QED) is 0.324. The second kappa shape index (κ2) is 12.1. The molecule has 1 aromatic carbocycles. The third-order valence-electron chi connectivity index (χ3n) is 8.89. The minimum atomic E-state index is -4.50. The van der Waals surface area contributed by atoms with Crippen molar-refractivity contribution in [2.24, 2.45) is 11.8 Å². The van der Waals surface area contributed by atoms with Crippen LogP contribution in [0.2, 0.25) is 0 Å². The number of carboxylic acid groups (broad SMARTS) is 1. The molecule has 2 heterocycles. The number of carboxylic acids is 1. The molecular formula is C31H39F3N4O4. The molecule has 8 nitrogen and oxygen atoms in total. The van der Waals surface area contributed by atoms with E-state index < -0.39 is 35.9 Å². The summed E-state index contributed by atoms with van der Waals surface area (Å²) in [7, 11) is 0. The van der Waals surface area contributed by atoms with Crippen LogP contribution in [-0.4, -0.2) is 51.2 Å². The Hall–Kier alpha value is -3.37. The van der Waals surface area contributed by atoms with Gasteiger partial charge in [-0.3, -0.25) is 14.7 Å². The number of ether oxygens (including phenoxy) is 1. The normalized spacial score (nSPS) is 24.5. The van der Waals surface area contributed by atoms with Crippen LogP contribution in [0.5, 0.6) is 0 Å². The third kappa shape index (κ3) is 6.81. The van der Waals surface area contributed by atoms with Gasteiger partial charge in [-0.15, -0.1) is 0 Å². The minimum Gasteiger partial charge on any atom is -0.481 e. The number of carbonyl (C=O) groups excluding carboxylic acids is 1. The van der Waals surface area contributed by atoms with E-state index in [1.807, 2.05) is 6.20 Å². The van der Waals surface area contributed by atoms with Crippen molar-refractivity contribution in [1.29, 1.82) is 0 Å². The summed E-state index contributed by atoms with van der Waals surface area (Å²) in [5.41, 5.74) is 1.55. The van der Waals surface area contributed by atoms with Gasteiger partial charge >= 0.3 is 18.2 Å². The van der Waals surface area contributed by atoms with Gasteiger partial charge in [0.25, 0.3) is 0 Å². The molecule has 3 fully saturated rings. The Morgan fingerprint density at radius 2 is 1.81 bits per heavy atom. The molecule has 228 valence electrons. The topological polar surface area (TPSA) is 95.9 Å². The Kier molecular flexibility index (Phi) is 8.66. The van der Waals surface area contributed by atoms with E-state index >= 15 is 0 Å². The molecule has 0 bridgehead atoms. The average Bonchev–Trinajstić information content (AvgIpc) is 3.74. The largest absolute Gasteiger partial charge is 0.481 e. The van der Waals surface area contributed by atoms with E-state index in [-0.39, 0.29) is 18.9 Å². The highest BCUT2D eigenvalue weighted by Crippen LogP contribution is 2.41. The Morgan fingerprint density at radius 3 is 2.43 bits per heavy atom. The van der Waals surface area contributed by atoms with Crippen LogP contribution in [-0.2, 0) is 22.3 Å². The number of alkyl halides is 3. The van der Waals surface area contributed by atoms with E-state index in [0.717, 1.165) is 62.9 Å². The van der Waals surface area contributed by atoms with Crippen molar-refractivity contribution in [3.05, 3.63) is 52.5 Å². The number of nitrogens with zero attached hydrogens (tertiary/aromatic N) is 4. The fourth-order valence-electron chi connectivity index (χ4n) is 6.39. The van der Waals surface area contributed by atoms with Crippen molar-refractivity contribution in [2.75, 3.05) is 18.0 Å². The molecule has 2 aromatic rings. The Labute approximate surface area is 244 Å². The van der Waals surface area contributed by atoms with Crippen LogP contribution in [0.25, 0.3) is 0 Å². The predicted molar refractivity (Wildman–Crippen MR) is 150 cm³/mol. The van der Waals surface area contributed by atoms with Gasteiger partial charge in [-0.25, -0.2) is 9.78 Å². The molecule has 42 heavy (non-hydrogen) atoms. The number of cyclic esters (lactones) is 1. The van der Waals surface area contributed by atoms with Crippen molar-refractivity contribution >= 4 is 17.9 Å². The average molecular weight is 589 g/mol. The molecule has 0 radical (unpaired) electrons. The number of aromatic nitrogens is 2. The van der Waals surface area contributed by atoms with E-state index in [9.17, 15) is 22.8 Å². The van der Waals surface area contributed by atoms with Gasteiger partial charge in [0.2, 0.25) is 0 Å². The molecule has 0 spiro atoms. The van der Waals surface area contributed by atoms with E-state index in [1.54, 1.807) is 19.9 Å². The monoisotopic (exact) mass is 588 g/mol. The molecule has 1 aliphatic heterocycles. The third-order valence-corrected chi connectivity index (χ3v) is 8.89. The molecule has 1 aromatic heterocycles. The first-order chi connectivity index (χ1) is 19.9. The molecule has 3 aliphatic rings. The van der Waals surface area contributed by atoms with Crippen molar-refractivity contribution in [3.63, 3.8) is 0 Å². The van der Waals surface area contributed by atoms with Gasteiger partial charge in [0.15, 0.2) is 5.82 Å². The van der Waals surface area contributed by atoms with Crippen LogP contribution in [0.4, 0.5) is 23.8 Å². The fourth-order valence-corrected chi connectivity index (χ4v) is 6.39. The number of halogens is 3. The van der Waals surface area contributed by atoms with Crippen LogP contribution in [0, 0.1) is 18.8 Å². The summed E-state index contributed by atoms with van der Waals surface area (Å²) in [6.07, 6.45) is 1.87. The molecular weight excluding hydrogens is 549 g/mol. The smallest absolute Gasteiger partial charge is 0.416 e. The number of rotatable bonds is 10. The number of aryl methyl sites for hydroxylation is 1. The number of amides is 1. The molecule has 1 unspecified atom stereocenters. The van der Waals surface area contributed by atoms with Crippen LogP contribution < -0.4 is 4.90 Å². The number of aliphatic carboxylic acids is 1. The first-order valence-electron chi connectivity index (χ1n) is 14.9. The van der Waals surface area contributed by atoms with Gasteiger partial charge in [0, 0.05) is 25.4 Å². The maximum atomic E-state index is 13.5. The van der Waals surface area contributed by atoms with E-state index in [4.69, 9.17) is 19.8 Å². The molecule has 2 aliphatic carbocycles. The van der Waals surface area contributed by atoms with Gasteiger partial charge in [-0.05, 0) is 88.8 Å². The molecule has 5 rings (SSSR count). The van der Waals surface area contributed by atoms with Gasteiger partial charge in [-0.1, -0.05) is 11.6 Å². The maximum Gasteiger partial charge on any atom is 0.416 e. The summed E-state index contributed by atoms with van der Waals surface area (Å²) in [4.78, 5) is 37.8. The SMILES string of the molecule is CCN(CC1CCC(CC(=O)O)CC1)c1ncc(C2CC2)nc1CN1C(=O)OC(c2cc(C)cc(C(F)(F)F)c2)[C@@H]1C. The zero-order valence-electron chi connectivity index (χ0n) is 24.4. The second-order valence-electron chi connectivity index (χ2n) is 12.2. The van der Waals surface area contributed by atoms with E-state index in [2.05, 4.69) is 11.8 Å². The maximum absolute atomic E-state index is 13.5. The first kappa shape index (κ1) is 30.1. The van der Waals surface area contributed by atoms with Crippen LogP contribution in [0.3, 0.4) is 0 Å². The zero-order valence-corrected chi connectivity index (χ0v) is 24.4. The summed E-state index contributed by atoms with van der Waals surface area (Å²) >= 11 is 0. The predicted octanol–water partition coefficient (Wildman–Crippen LogP) is 6.87. The van der Waals surface area contributed by atoms with Gasteiger partial charge in [-0.2, -0.15) is 13.2 Å². The van der Waals surface area contributed by atoms with Crippen molar-refractivity contribution < 1.29 is 32.6 Å². The second-order valence-corrected chi connectivity index (χ2v) is 12.2. The number of hydrogen-bond donors (Lipinski definition) is 1. The van der Waals surface area contributed by atoms with Gasteiger partial charge in [0.05, 0.1) is 30.0 Å². The van der Waals surface area contributed by atoms with Crippen LogP contribution in [0.1, 0.15) is 98.9 Å². The molecule has 1 N–H and O–H groups in total. The summed E-state index contributed by atoms with van der Waals surface area (Å²) in [5.74, 6) is 0.932. The lowest BCUT2D eigenvalue weighted by molar-refractivity contribution is -0.139. The van der Waals surface area contributed by atoms with Gasteiger partial charge < -0.3 is 14.7 Å². The first-order valence-corrected chi connectivity index (χ1v) is 14.9. The fraction of sp³-hybridized carbons (Fsp3) is 0.613. The minimum absolute atomic E-state index is 0.138. The summed E-state index contributed by atoms with van der Waals surface area (Å²) in [6.45, 7) is 7.02. The Morgan fingerprint density at radius 1 is 1.12 bits per heavy atom. The lowest BCUT2D eigenvalue weighted by Crippen LogP contribution is -2.36. The summed E-state index contributed by atoms with van der Waals surface area (Å²) in [6, 6.07) is 3.27. The molecule has 2 atom stereocenters. The van der Waals surface area contributed by atoms with E-state index in [1.165, 1.54) is 4.90 Å². The lowest BCUT2D eigenvalue weighted by atomic mass is 9.80. The number of anilines is 1. The zero-order chi connectivity index (χ0) is 30.2.